The first-order chi connectivity index (χ1) is 19.3. The number of carbonyl (C=O) groups excluding carboxylic acids is 2. The van der Waals surface area contributed by atoms with Gasteiger partial charge in [-0.1, -0.05) is 39.3 Å². The average molecular weight is 610 g/mol. The number of nitrogens with zero attached hydrogens (tertiary/aromatic N) is 5. The molecular formula is C28H26BrF2N7O2. The van der Waals surface area contributed by atoms with E-state index in [1.54, 1.807) is 10.9 Å². The van der Waals surface area contributed by atoms with Crippen LogP contribution >= 0.6 is 15.9 Å². The van der Waals surface area contributed by atoms with Crippen LogP contribution in [-0.4, -0.2) is 58.0 Å². The largest absolute Gasteiger partial charge is 0.368 e. The second-order valence-electron chi connectivity index (χ2n) is 9.30. The van der Waals surface area contributed by atoms with Gasteiger partial charge in [-0.3, -0.25) is 4.79 Å². The normalized spacial score (nSPS) is 13.3. The van der Waals surface area contributed by atoms with Gasteiger partial charge in [0.1, 0.15) is 5.69 Å². The van der Waals surface area contributed by atoms with Crippen LogP contribution in [0, 0.1) is 11.6 Å². The molecule has 0 spiro atoms. The van der Waals surface area contributed by atoms with Gasteiger partial charge in [0.2, 0.25) is 0 Å². The molecule has 0 unspecified atom stereocenters. The Bertz CT molecular complexity index is 1520. The fourth-order valence-corrected chi connectivity index (χ4v) is 4.82. The minimum absolute atomic E-state index is 0.00808. The number of piperazine rings is 1. The minimum atomic E-state index is -1.05. The van der Waals surface area contributed by atoms with Gasteiger partial charge in [0.05, 0.1) is 19.3 Å². The molecule has 5 rings (SSSR count). The Morgan fingerprint density at radius 2 is 1.73 bits per heavy atom. The molecule has 0 radical (unpaired) electrons. The Kier molecular flexibility index (Phi) is 8.34. The summed E-state index contributed by atoms with van der Waals surface area (Å²) in [6.07, 6.45) is 1.69. The Morgan fingerprint density at radius 3 is 2.50 bits per heavy atom. The molecule has 3 amide bonds. The molecule has 2 N–H and O–H groups in total. The maximum Gasteiger partial charge on any atom is 0.319 e. The number of nitrogens with one attached hydrogen (secondary N) is 2. The van der Waals surface area contributed by atoms with Crippen LogP contribution in [-0.2, 0) is 13.1 Å². The molecule has 1 aliphatic heterocycles. The lowest BCUT2D eigenvalue weighted by Gasteiger charge is -2.36. The molecule has 0 saturated carbocycles. The number of amides is 3. The van der Waals surface area contributed by atoms with Crippen LogP contribution in [0.5, 0.6) is 0 Å². The Morgan fingerprint density at radius 1 is 0.925 bits per heavy atom. The van der Waals surface area contributed by atoms with Gasteiger partial charge in [0.15, 0.2) is 11.6 Å². The molecule has 1 aromatic heterocycles. The summed E-state index contributed by atoms with van der Waals surface area (Å²) in [6, 6.07) is 18.1. The zero-order valence-corrected chi connectivity index (χ0v) is 22.9. The molecule has 40 heavy (non-hydrogen) atoms. The summed E-state index contributed by atoms with van der Waals surface area (Å²) in [5.41, 5.74) is 3.27. The monoisotopic (exact) mass is 609 g/mol. The van der Waals surface area contributed by atoms with Crippen molar-refractivity contribution in [2.45, 2.75) is 13.1 Å². The summed E-state index contributed by atoms with van der Waals surface area (Å²) in [4.78, 5) is 29.4. The molecule has 1 aliphatic rings. The van der Waals surface area contributed by atoms with Crippen LogP contribution in [0.4, 0.5) is 25.0 Å². The van der Waals surface area contributed by atoms with Crippen LogP contribution in [0.15, 0.2) is 77.4 Å². The zero-order valence-electron chi connectivity index (χ0n) is 21.4. The molecule has 12 heteroatoms. The topological polar surface area (TPSA) is 95.4 Å². The lowest BCUT2D eigenvalue weighted by molar-refractivity contribution is 0.0746. The number of hydrogen-bond donors (Lipinski definition) is 2. The number of anilines is 2. The van der Waals surface area contributed by atoms with E-state index in [9.17, 15) is 18.4 Å². The molecule has 0 aliphatic carbocycles. The number of hydrogen-bond acceptors (Lipinski definition) is 5. The van der Waals surface area contributed by atoms with Gasteiger partial charge in [0, 0.05) is 53.7 Å². The molecule has 3 aromatic carbocycles. The Labute approximate surface area is 237 Å². The van der Waals surface area contributed by atoms with Crippen molar-refractivity contribution in [3.8, 4) is 0 Å². The smallest absolute Gasteiger partial charge is 0.319 e. The van der Waals surface area contributed by atoms with Crippen molar-refractivity contribution in [3.63, 3.8) is 0 Å². The third-order valence-electron chi connectivity index (χ3n) is 6.45. The fraction of sp³-hybridized carbons (Fsp3) is 0.214. The van der Waals surface area contributed by atoms with Gasteiger partial charge in [0.25, 0.3) is 5.91 Å². The highest BCUT2D eigenvalue weighted by atomic mass is 79.9. The van der Waals surface area contributed by atoms with Crippen molar-refractivity contribution in [1.82, 2.24) is 25.2 Å². The second-order valence-corrected chi connectivity index (χ2v) is 10.2. The molecule has 4 aromatic rings. The van der Waals surface area contributed by atoms with E-state index in [1.807, 2.05) is 41.3 Å². The predicted molar refractivity (Wildman–Crippen MR) is 150 cm³/mol. The molecule has 1 saturated heterocycles. The van der Waals surface area contributed by atoms with Gasteiger partial charge in [-0.25, -0.2) is 18.3 Å². The van der Waals surface area contributed by atoms with Crippen LogP contribution < -0.4 is 15.5 Å². The lowest BCUT2D eigenvalue weighted by Crippen LogP contribution is -2.48. The highest BCUT2D eigenvalue weighted by molar-refractivity contribution is 9.10. The summed E-state index contributed by atoms with van der Waals surface area (Å²) < 4.78 is 29.0. The maximum atomic E-state index is 13.3. The zero-order chi connectivity index (χ0) is 28.1. The van der Waals surface area contributed by atoms with E-state index in [0.29, 0.717) is 30.9 Å². The summed E-state index contributed by atoms with van der Waals surface area (Å²) in [7, 11) is 0. The Hall–Kier alpha value is -4.32. The number of rotatable bonds is 7. The summed E-state index contributed by atoms with van der Waals surface area (Å²) in [5.74, 6) is -2.05. The van der Waals surface area contributed by atoms with Gasteiger partial charge < -0.3 is 20.4 Å². The molecule has 0 bridgehead atoms. The summed E-state index contributed by atoms with van der Waals surface area (Å²) in [6.45, 7) is 3.27. The van der Waals surface area contributed by atoms with E-state index >= 15 is 0 Å². The van der Waals surface area contributed by atoms with E-state index in [1.165, 1.54) is 6.07 Å². The molecule has 9 nitrogen and oxygen atoms in total. The standard InChI is InChI=1S/C28H26BrF2N7O2/c29-21-5-2-6-24(14-21)36-9-11-37(12-10-36)27(39)20-4-1-3-19(13-20)17-38-18-23(34-35-38)16-32-28(40)33-22-7-8-25(30)26(31)15-22/h1-8,13-15,18H,9-12,16-17H2,(H2,32,33,40). The molecule has 206 valence electrons. The average Bonchev–Trinajstić information content (AvgIpc) is 3.41. The number of urea groups is 1. The first kappa shape index (κ1) is 27.3. The molecule has 2 heterocycles. The van der Waals surface area contributed by atoms with Crippen molar-refractivity contribution >= 4 is 39.2 Å². The van der Waals surface area contributed by atoms with Gasteiger partial charge in [-0.15, -0.1) is 5.10 Å². The van der Waals surface area contributed by atoms with E-state index in [4.69, 9.17) is 0 Å². The lowest BCUT2D eigenvalue weighted by atomic mass is 10.1. The molecule has 0 atom stereocenters. The van der Waals surface area contributed by atoms with E-state index < -0.39 is 17.7 Å². The first-order valence-corrected chi connectivity index (χ1v) is 13.4. The van der Waals surface area contributed by atoms with Crippen LogP contribution in [0.25, 0.3) is 0 Å². The van der Waals surface area contributed by atoms with E-state index in [2.05, 4.69) is 53.9 Å². The van der Waals surface area contributed by atoms with Crippen molar-refractivity contribution in [2.75, 3.05) is 36.4 Å². The highest BCUT2D eigenvalue weighted by Gasteiger charge is 2.22. The van der Waals surface area contributed by atoms with Crippen LogP contribution in [0.2, 0.25) is 0 Å². The number of aromatic nitrogens is 3. The van der Waals surface area contributed by atoms with Gasteiger partial charge in [-0.05, 0) is 48.0 Å². The quantitative estimate of drug-likeness (QED) is 0.318. The van der Waals surface area contributed by atoms with Crippen molar-refractivity contribution in [2.24, 2.45) is 0 Å². The Balaban J connectivity index is 1.12. The fourth-order valence-electron chi connectivity index (χ4n) is 4.43. The maximum absolute atomic E-state index is 13.3. The number of halogens is 3. The van der Waals surface area contributed by atoms with Gasteiger partial charge in [-0.2, -0.15) is 0 Å². The second kappa shape index (κ2) is 12.2. The predicted octanol–water partition coefficient (Wildman–Crippen LogP) is 4.65. The number of carbonyl (C=O) groups is 2. The van der Waals surface area contributed by atoms with Crippen molar-refractivity contribution in [3.05, 3.63) is 106 Å². The molecular weight excluding hydrogens is 584 g/mol. The van der Waals surface area contributed by atoms with Crippen LogP contribution in [0.3, 0.4) is 0 Å². The summed E-state index contributed by atoms with van der Waals surface area (Å²) in [5, 5.41) is 13.2. The van der Waals surface area contributed by atoms with Crippen molar-refractivity contribution < 1.29 is 18.4 Å². The first-order valence-electron chi connectivity index (χ1n) is 12.6. The van der Waals surface area contributed by atoms with Crippen molar-refractivity contribution in [1.29, 1.82) is 0 Å². The van der Waals surface area contributed by atoms with E-state index in [0.717, 1.165) is 40.9 Å². The minimum Gasteiger partial charge on any atom is -0.368 e. The third-order valence-corrected chi connectivity index (χ3v) is 6.95. The van der Waals surface area contributed by atoms with Crippen LogP contribution in [0.1, 0.15) is 21.6 Å². The van der Waals surface area contributed by atoms with Gasteiger partial charge >= 0.3 is 6.03 Å². The van der Waals surface area contributed by atoms with E-state index in [-0.39, 0.29) is 18.1 Å². The summed E-state index contributed by atoms with van der Waals surface area (Å²) >= 11 is 3.51. The highest BCUT2D eigenvalue weighted by Crippen LogP contribution is 2.22. The molecule has 1 fully saturated rings. The third kappa shape index (κ3) is 6.81. The SMILES string of the molecule is O=C(NCc1cn(Cc2cccc(C(=O)N3CCN(c4cccc(Br)c4)CC3)c2)nn1)Nc1ccc(F)c(F)c1. The number of benzene rings is 3.